The third-order valence-corrected chi connectivity index (χ3v) is 0.939. The molecule has 52 valence electrons. The molecule has 3 heteroatoms. The summed E-state index contributed by atoms with van der Waals surface area (Å²) >= 11 is 0. The predicted molar refractivity (Wildman–Crippen MR) is 36.2 cm³/mol. The zero-order valence-corrected chi connectivity index (χ0v) is 5.36. The lowest BCUT2D eigenvalue weighted by molar-refractivity contribution is -0.138. The lowest BCUT2D eigenvalue weighted by Crippen LogP contribution is -2.14. The maximum atomic E-state index is 10.5. The normalized spacial score (nSPS) is 8.80. The van der Waals surface area contributed by atoms with E-state index >= 15 is 0 Å². The van der Waals surface area contributed by atoms with Crippen LogP contribution in [-0.4, -0.2) is 10.7 Å². The number of carbonyl (C=O) groups excluding carboxylic acids is 1. The van der Waals surface area contributed by atoms with E-state index < -0.39 is 5.97 Å². The summed E-state index contributed by atoms with van der Waals surface area (Å²) in [6, 6.07) is 3.52. The van der Waals surface area contributed by atoms with Gasteiger partial charge < -0.3 is 4.84 Å². The van der Waals surface area contributed by atoms with Gasteiger partial charge >= 0.3 is 5.97 Å². The smallest absolute Gasteiger partial charge is 0.332 e. The number of hydrogen-bond acceptors (Lipinski definition) is 2. The lowest BCUT2D eigenvalue weighted by atomic mass is 10.7. The molecule has 0 aromatic carbocycles. The molecule has 0 spiro atoms. The number of hydrogen-bond donors (Lipinski definition) is 0. The van der Waals surface area contributed by atoms with Gasteiger partial charge in [0.15, 0.2) is 0 Å². The zero-order valence-electron chi connectivity index (χ0n) is 5.36. The Balaban J connectivity index is 2.56. The highest BCUT2D eigenvalue weighted by Gasteiger charge is 1.93. The third kappa shape index (κ3) is 1.48. The van der Waals surface area contributed by atoms with Crippen LogP contribution in [0.5, 0.6) is 0 Å². The molecule has 0 aliphatic carbocycles. The second-order valence-electron chi connectivity index (χ2n) is 1.66. The van der Waals surface area contributed by atoms with Gasteiger partial charge in [-0.15, -0.1) is 0 Å². The van der Waals surface area contributed by atoms with E-state index in [0.717, 1.165) is 6.08 Å². The Kier molecular flexibility index (Phi) is 1.89. The van der Waals surface area contributed by atoms with Gasteiger partial charge in [0.2, 0.25) is 0 Å². The maximum absolute atomic E-state index is 10.5. The summed E-state index contributed by atoms with van der Waals surface area (Å²) < 4.78 is 1.31. The van der Waals surface area contributed by atoms with Gasteiger partial charge in [-0.25, -0.2) is 4.79 Å². The first-order valence-electron chi connectivity index (χ1n) is 2.80. The average molecular weight is 137 g/mol. The van der Waals surface area contributed by atoms with Gasteiger partial charge in [-0.2, -0.15) is 4.73 Å². The molecule has 0 unspecified atom stereocenters. The van der Waals surface area contributed by atoms with Crippen molar-refractivity contribution in [2.45, 2.75) is 0 Å². The second-order valence-corrected chi connectivity index (χ2v) is 1.66. The molecule has 1 rings (SSSR count). The molecule has 1 aromatic heterocycles. The van der Waals surface area contributed by atoms with Crippen LogP contribution in [0.2, 0.25) is 0 Å². The maximum Gasteiger partial charge on any atom is 0.355 e. The molecular weight excluding hydrogens is 130 g/mol. The summed E-state index contributed by atoms with van der Waals surface area (Å²) in [6.45, 7) is 3.25. The summed E-state index contributed by atoms with van der Waals surface area (Å²) in [5.74, 6) is -0.462. The Morgan fingerprint density at radius 2 is 2.10 bits per heavy atom. The van der Waals surface area contributed by atoms with Crippen LogP contribution in [0.15, 0.2) is 37.2 Å². The molecule has 0 aliphatic heterocycles. The van der Waals surface area contributed by atoms with E-state index in [-0.39, 0.29) is 0 Å². The van der Waals surface area contributed by atoms with Gasteiger partial charge in [0.25, 0.3) is 0 Å². The van der Waals surface area contributed by atoms with E-state index in [1.54, 1.807) is 24.5 Å². The van der Waals surface area contributed by atoms with Crippen LogP contribution in [0.1, 0.15) is 0 Å². The molecule has 0 saturated carbocycles. The van der Waals surface area contributed by atoms with Crippen LogP contribution in [0.25, 0.3) is 0 Å². The first kappa shape index (κ1) is 6.61. The Morgan fingerprint density at radius 1 is 1.50 bits per heavy atom. The molecule has 0 fully saturated rings. The standard InChI is InChI=1S/C7H7NO2/c1-2-7(9)10-8-5-3-4-6-8/h2-6H,1H2. The fourth-order valence-corrected chi connectivity index (χ4v) is 0.521. The van der Waals surface area contributed by atoms with E-state index in [1.165, 1.54) is 4.73 Å². The van der Waals surface area contributed by atoms with Crippen molar-refractivity contribution < 1.29 is 9.63 Å². The van der Waals surface area contributed by atoms with Crippen molar-refractivity contribution in [3.8, 4) is 0 Å². The topological polar surface area (TPSA) is 31.2 Å². The number of nitrogens with zero attached hydrogens (tertiary/aromatic N) is 1. The number of aromatic nitrogens is 1. The SMILES string of the molecule is C=CC(=O)On1cccc1. The first-order valence-corrected chi connectivity index (χ1v) is 2.80. The minimum Gasteiger partial charge on any atom is -0.332 e. The molecular formula is C7H7NO2. The Labute approximate surface area is 58.5 Å². The molecule has 0 saturated heterocycles. The number of rotatable bonds is 2. The summed E-state index contributed by atoms with van der Waals surface area (Å²) in [6.07, 6.45) is 4.36. The lowest BCUT2D eigenvalue weighted by Gasteiger charge is -1.98. The van der Waals surface area contributed by atoms with Crippen LogP contribution >= 0.6 is 0 Å². The van der Waals surface area contributed by atoms with Crippen molar-refractivity contribution in [3.05, 3.63) is 37.2 Å². The molecule has 0 radical (unpaired) electrons. The summed E-state index contributed by atoms with van der Waals surface area (Å²) in [7, 11) is 0. The zero-order chi connectivity index (χ0) is 7.40. The third-order valence-electron chi connectivity index (χ3n) is 0.939. The molecule has 1 heterocycles. The van der Waals surface area contributed by atoms with Crippen molar-refractivity contribution in [1.82, 2.24) is 4.73 Å². The molecule has 0 N–H and O–H groups in total. The molecule has 1 aromatic rings. The van der Waals surface area contributed by atoms with Gasteiger partial charge in [-0.05, 0) is 12.1 Å². The van der Waals surface area contributed by atoms with Crippen molar-refractivity contribution in [1.29, 1.82) is 0 Å². The quantitative estimate of drug-likeness (QED) is 0.560. The van der Waals surface area contributed by atoms with E-state index in [1.807, 2.05) is 0 Å². The van der Waals surface area contributed by atoms with Crippen molar-refractivity contribution in [3.63, 3.8) is 0 Å². The van der Waals surface area contributed by atoms with Crippen molar-refractivity contribution in [2.24, 2.45) is 0 Å². The monoisotopic (exact) mass is 137 g/mol. The van der Waals surface area contributed by atoms with Crippen LogP contribution < -0.4 is 4.84 Å². The van der Waals surface area contributed by atoms with Crippen molar-refractivity contribution >= 4 is 5.97 Å². The largest absolute Gasteiger partial charge is 0.355 e. The highest BCUT2D eigenvalue weighted by molar-refractivity contribution is 5.81. The van der Waals surface area contributed by atoms with Crippen LogP contribution in [0, 0.1) is 0 Å². The van der Waals surface area contributed by atoms with Crippen molar-refractivity contribution in [2.75, 3.05) is 0 Å². The molecule has 0 amide bonds. The van der Waals surface area contributed by atoms with Gasteiger partial charge in [0.05, 0.1) is 0 Å². The summed E-state index contributed by atoms with van der Waals surface area (Å²) in [4.78, 5) is 15.2. The minimum atomic E-state index is -0.462. The molecule has 0 bridgehead atoms. The molecule has 3 nitrogen and oxygen atoms in total. The van der Waals surface area contributed by atoms with E-state index in [4.69, 9.17) is 0 Å². The minimum absolute atomic E-state index is 0.462. The number of carbonyl (C=O) groups is 1. The van der Waals surface area contributed by atoms with Crippen LogP contribution in [0.3, 0.4) is 0 Å². The fourth-order valence-electron chi connectivity index (χ4n) is 0.521. The predicted octanol–water partition coefficient (Wildman–Crippen LogP) is 0.629. The van der Waals surface area contributed by atoms with Gasteiger partial charge in [0.1, 0.15) is 0 Å². The fraction of sp³-hybridized carbons (Fsp3) is 0. The second kappa shape index (κ2) is 2.87. The van der Waals surface area contributed by atoms with E-state index in [9.17, 15) is 4.79 Å². The molecule has 10 heavy (non-hydrogen) atoms. The molecule has 0 atom stereocenters. The Bertz CT molecular complexity index is 226. The van der Waals surface area contributed by atoms with Gasteiger partial charge in [0, 0.05) is 18.5 Å². The highest BCUT2D eigenvalue weighted by atomic mass is 16.7. The first-order chi connectivity index (χ1) is 4.83. The van der Waals surface area contributed by atoms with E-state index in [0.29, 0.717) is 0 Å². The molecule has 0 aliphatic rings. The van der Waals surface area contributed by atoms with Crippen LogP contribution in [0.4, 0.5) is 0 Å². The highest BCUT2D eigenvalue weighted by Crippen LogP contribution is 1.85. The average Bonchev–Trinajstić information content (AvgIpc) is 2.40. The van der Waals surface area contributed by atoms with Gasteiger partial charge in [-0.1, -0.05) is 6.58 Å². The Hall–Kier alpha value is -1.51. The summed E-state index contributed by atoms with van der Waals surface area (Å²) in [5.41, 5.74) is 0. The van der Waals surface area contributed by atoms with Crippen LogP contribution in [-0.2, 0) is 4.79 Å². The van der Waals surface area contributed by atoms with E-state index in [2.05, 4.69) is 11.4 Å². The summed E-state index contributed by atoms with van der Waals surface area (Å²) in [5, 5.41) is 0. The Morgan fingerprint density at radius 3 is 2.60 bits per heavy atom. The van der Waals surface area contributed by atoms with Gasteiger partial charge in [-0.3, -0.25) is 0 Å².